The van der Waals surface area contributed by atoms with E-state index >= 15 is 0 Å². The lowest BCUT2D eigenvalue weighted by Gasteiger charge is -2.16. The first-order chi connectivity index (χ1) is 7.84. The average molecular weight is 352 g/mol. The van der Waals surface area contributed by atoms with E-state index in [1.54, 1.807) is 0 Å². The number of aryl methyl sites for hydroxylation is 1. The maximum absolute atomic E-state index is 12.7. The first-order valence-corrected chi connectivity index (χ1v) is 6.66. The Morgan fingerprint density at radius 2 is 2.18 bits per heavy atom. The molecule has 1 atom stereocenters. The molecule has 0 radical (unpaired) electrons. The van der Waals surface area contributed by atoms with E-state index in [1.165, 1.54) is 0 Å². The topological polar surface area (TPSA) is 38.0 Å². The highest BCUT2D eigenvalue weighted by Gasteiger charge is 2.21. The minimum atomic E-state index is -0.620. The van der Waals surface area contributed by atoms with Crippen molar-refractivity contribution in [3.63, 3.8) is 0 Å². The molecule has 3 nitrogen and oxygen atoms in total. The second-order valence-electron chi connectivity index (χ2n) is 4.45. The van der Waals surface area contributed by atoms with E-state index in [9.17, 15) is 9.50 Å². The third-order valence-corrected chi connectivity index (χ3v) is 3.96. The molecular formula is C12H18FIN2O. The van der Waals surface area contributed by atoms with Crippen LogP contribution in [0.3, 0.4) is 0 Å². The molecule has 96 valence electrons. The van der Waals surface area contributed by atoms with Crippen molar-refractivity contribution >= 4 is 22.6 Å². The van der Waals surface area contributed by atoms with E-state index in [2.05, 4.69) is 34.2 Å². The van der Waals surface area contributed by atoms with E-state index < -0.39 is 6.10 Å². The third-order valence-electron chi connectivity index (χ3n) is 2.60. The summed E-state index contributed by atoms with van der Waals surface area (Å²) in [5.74, 6) is 0.347. The highest BCUT2D eigenvalue weighted by Crippen LogP contribution is 2.25. The maximum Gasteiger partial charge on any atom is 0.139 e. The van der Waals surface area contributed by atoms with Crippen LogP contribution in [0.5, 0.6) is 0 Å². The van der Waals surface area contributed by atoms with Gasteiger partial charge in [-0.15, -0.1) is 0 Å². The molecule has 0 spiro atoms. The predicted octanol–water partition coefficient (Wildman–Crippen LogP) is 3.36. The summed E-state index contributed by atoms with van der Waals surface area (Å²) < 4.78 is 15.5. The maximum atomic E-state index is 12.7. The van der Waals surface area contributed by atoms with Gasteiger partial charge in [0.1, 0.15) is 15.6 Å². The standard InChI is InChI=1S/C12H18FIN2O/c1-7(2)10(17)12-15-9(4)11(14)16(12)6-5-8(3)13/h7,10,17H,3,5-6H2,1-2,4H3. The van der Waals surface area contributed by atoms with Crippen molar-refractivity contribution in [2.45, 2.75) is 39.8 Å². The number of allylic oxidation sites excluding steroid dienone is 1. The van der Waals surface area contributed by atoms with Crippen LogP contribution in [0, 0.1) is 16.5 Å². The second-order valence-corrected chi connectivity index (χ2v) is 5.48. The van der Waals surface area contributed by atoms with Crippen molar-refractivity contribution in [3.05, 3.63) is 27.6 Å². The van der Waals surface area contributed by atoms with Crippen molar-refractivity contribution in [1.82, 2.24) is 9.55 Å². The summed E-state index contributed by atoms with van der Waals surface area (Å²) in [5.41, 5.74) is 0.866. The zero-order valence-corrected chi connectivity index (χ0v) is 12.5. The van der Waals surface area contributed by atoms with E-state index in [-0.39, 0.29) is 18.2 Å². The summed E-state index contributed by atoms with van der Waals surface area (Å²) in [4.78, 5) is 4.36. The van der Waals surface area contributed by atoms with E-state index in [4.69, 9.17) is 0 Å². The highest BCUT2D eigenvalue weighted by atomic mass is 127. The largest absolute Gasteiger partial charge is 0.385 e. The molecular weight excluding hydrogens is 334 g/mol. The molecule has 0 aliphatic rings. The molecule has 1 aromatic rings. The number of aliphatic hydroxyl groups excluding tert-OH is 1. The molecule has 1 unspecified atom stereocenters. The zero-order chi connectivity index (χ0) is 13.2. The monoisotopic (exact) mass is 352 g/mol. The van der Waals surface area contributed by atoms with Crippen LogP contribution in [0.25, 0.3) is 0 Å². The Hall–Kier alpha value is -0.430. The van der Waals surface area contributed by atoms with Gasteiger partial charge in [0.25, 0.3) is 0 Å². The van der Waals surface area contributed by atoms with Gasteiger partial charge in [-0.2, -0.15) is 0 Å². The minimum absolute atomic E-state index is 0.0833. The van der Waals surface area contributed by atoms with Crippen molar-refractivity contribution in [2.75, 3.05) is 0 Å². The third kappa shape index (κ3) is 3.51. The first-order valence-electron chi connectivity index (χ1n) is 5.58. The Bertz CT molecular complexity index is 415. The lowest BCUT2D eigenvalue weighted by atomic mass is 10.1. The number of hydrogen-bond acceptors (Lipinski definition) is 2. The van der Waals surface area contributed by atoms with Crippen molar-refractivity contribution in [3.8, 4) is 0 Å². The van der Waals surface area contributed by atoms with Crippen LogP contribution in [0.4, 0.5) is 4.39 Å². The molecule has 0 bridgehead atoms. The average Bonchev–Trinajstić information content (AvgIpc) is 2.51. The van der Waals surface area contributed by atoms with Crippen LogP contribution in [0.15, 0.2) is 12.4 Å². The fourth-order valence-electron chi connectivity index (χ4n) is 1.54. The summed E-state index contributed by atoms with van der Waals surface area (Å²) in [6, 6.07) is 0. The van der Waals surface area contributed by atoms with Gasteiger partial charge in [-0.05, 0) is 35.4 Å². The molecule has 0 aliphatic heterocycles. The van der Waals surface area contributed by atoms with E-state index in [0.29, 0.717) is 12.4 Å². The van der Waals surface area contributed by atoms with Gasteiger partial charge in [0.2, 0.25) is 0 Å². The number of aromatic nitrogens is 2. The Morgan fingerprint density at radius 3 is 2.65 bits per heavy atom. The molecule has 5 heteroatoms. The molecule has 1 rings (SSSR count). The molecule has 1 aromatic heterocycles. The van der Waals surface area contributed by atoms with Gasteiger partial charge in [0.05, 0.1) is 11.5 Å². The Balaban J connectivity index is 3.04. The number of rotatable bonds is 5. The van der Waals surface area contributed by atoms with E-state index in [1.807, 2.05) is 25.3 Å². The normalized spacial score (nSPS) is 13.1. The molecule has 1 N–H and O–H groups in total. The predicted molar refractivity (Wildman–Crippen MR) is 74.3 cm³/mol. The molecule has 0 fully saturated rings. The second kappa shape index (κ2) is 5.95. The fourth-order valence-corrected chi connectivity index (χ4v) is 2.15. The first kappa shape index (κ1) is 14.6. The summed E-state index contributed by atoms with van der Waals surface area (Å²) >= 11 is 2.17. The number of halogens is 2. The number of nitrogens with zero attached hydrogens (tertiary/aromatic N) is 2. The van der Waals surface area contributed by atoms with Crippen LogP contribution >= 0.6 is 22.6 Å². The van der Waals surface area contributed by atoms with Crippen molar-refractivity contribution in [2.24, 2.45) is 5.92 Å². The Labute approximate surface area is 115 Å². The summed E-state index contributed by atoms with van der Waals surface area (Å²) in [7, 11) is 0. The van der Waals surface area contributed by atoms with Gasteiger partial charge in [-0.1, -0.05) is 20.4 Å². The lowest BCUT2D eigenvalue weighted by Crippen LogP contribution is -2.14. The van der Waals surface area contributed by atoms with Crippen LogP contribution in [0.1, 0.15) is 37.9 Å². The SMILES string of the molecule is C=C(F)CCn1c(C(O)C(C)C)nc(C)c1I. The highest BCUT2D eigenvalue weighted by molar-refractivity contribution is 14.1. The van der Waals surface area contributed by atoms with Gasteiger partial charge in [0, 0.05) is 13.0 Å². The molecule has 0 saturated heterocycles. The van der Waals surface area contributed by atoms with Crippen molar-refractivity contribution < 1.29 is 9.50 Å². The van der Waals surface area contributed by atoms with Gasteiger partial charge in [0.15, 0.2) is 0 Å². The number of imidazole rings is 1. The Kier molecular flexibility index (Phi) is 5.12. The zero-order valence-electron chi connectivity index (χ0n) is 10.4. The van der Waals surface area contributed by atoms with Crippen LogP contribution < -0.4 is 0 Å². The van der Waals surface area contributed by atoms with Crippen LogP contribution in [-0.2, 0) is 6.54 Å². The lowest BCUT2D eigenvalue weighted by molar-refractivity contribution is 0.113. The summed E-state index contributed by atoms with van der Waals surface area (Å²) in [6.45, 7) is 9.47. The molecule has 1 heterocycles. The number of hydrogen-bond donors (Lipinski definition) is 1. The quantitative estimate of drug-likeness (QED) is 0.826. The van der Waals surface area contributed by atoms with Crippen LogP contribution in [-0.4, -0.2) is 14.7 Å². The van der Waals surface area contributed by atoms with Crippen LogP contribution in [0.2, 0.25) is 0 Å². The van der Waals surface area contributed by atoms with Gasteiger partial charge >= 0.3 is 0 Å². The van der Waals surface area contributed by atoms with Crippen molar-refractivity contribution in [1.29, 1.82) is 0 Å². The van der Waals surface area contributed by atoms with Gasteiger partial charge in [-0.25, -0.2) is 9.37 Å². The molecule has 0 saturated carbocycles. The Morgan fingerprint density at radius 1 is 1.59 bits per heavy atom. The minimum Gasteiger partial charge on any atom is -0.385 e. The summed E-state index contributed by atoms with van der Waals surface area (Å²) in [5, 5.41) is 10.1. The molecule has 0 amide bonds. The van der Waals surface area contributed by atoms with Gasteiger partial charge in [-0.3, -0.25) is 0 Å². The smallest absolute Gasteiger partial charge is 0.139 e. The molecule has 0 aromatic carbocycles. The molecule has 17 heavy (non-hydrogen) atoms. The van der Waals surface area contributed by atoms with E-state index in [0.717, 1.165) is 9.39 Å². The van der Waals surface area contributed by atoms with Gasteiger partial charge < -0.3 is 9.67 Å². The fraction of sp³-hybridized carbons (Fsp3) is 0.583. The number of aliphatic hydroxyl groups is 1. The molecule has 0 aliphatic carbocycles. The summed E-state index contributed by atoms with van der Waals surface area (Å²) in [6.07, 6.45) is -0.367.